The van der Waals surface area contributed by atoms with Gasteiger partial charge in [0.05, 0.1) is 11.1 Å². The van der Waals surface area contributed by atoms with Crippen LogP contribution in [0, 0.1) is 5.41 Å². The number of azide groups is 1. The molecule has 29 heavy (non-hydrogen) atoms. The van der Waals surface area contributed by atoms with E-state index in [0.29, 0.717) is 11.1 Å². The monoisotopic (exact) mass is 392 g/mol. The summed E-state index contributed by atoms with van der Waals surface area (Å²) in [6, 6.07) is 14.4. The molecular formula is C21H20N4O4. The number of benzene rings is 2. The number of carbonyl (C=O) groups excluding carboxylic acids is 3. The highest BCUT2D eigenvalue weighted by Crippen LogP contribution is 2.31. The molecule has 3 rings (SSSR count). The Hall–Kier alpha value is -3.64. The first kappa shape index (κ1) is 20.1. The Balaban J connectivity index is 1.76. The highest BCUT2D eigenvalue weighted by Gasteiger charge is 2.43. The van der Waals surface area contributed by atoms with Crippen molar-refractivity contribution in [2.24, 2.45) is 10.5 Å². The summed E-state index contributed by atoms with van der Waals surface area (Å²) < 4.78 is 5.32. The normalized spacial score (nSPS) is 14.2. The van der Waals surface area contributed by atoms with Gasteiger partial charge in [0, 0.05) is 16.9 Å². The van der Waals surface area contributed by atoms with Gasteiger partial charge in [0.1, 0.15) is 12.6 Å². The van der Waals surface area contributed by atoms with Crippen LogP contribution in [0.15, 0.2) is 59.7 Å². The van der Waals surface area contributed by atoms with Gasteiger partial charge in [0.15, 0.2) is 0 Å². The van der Waals surface area contributed by atoms with E-state index in [4.69, 9.17) is 10.3 Å². The zero-order valence-corrected chi connectivity index (χ0v) is 16.1. The van der Waals surface area contributed by atoms with Crippen LogP contribution in [0.2, 0.25) is 0 Å². The molecule has 2 aromatic rings. The zero-order valence-electron chi connectivity index (χ0n) is 16.1. The van der Waals surface area contributed by atoms with Crippen LogP contribution in [-0.2, 0) is 16.1 Å². The summed E-state index contributed by atoms with van der Waals surface area (Å²) in [5.74, 6) is -1.58. The summed E-state index contributed by atoms with van der Waals surface area (Å²) >= 11 is 0. The summed E-state index contributed by atoms with van der Waals surface area (Å²) in [6.07, 6.45) is 0. The van der Waals surface area contributed by atoms with Crippen LogP contribution in [0.4, 0.5) is 0 Å². The van der Waals surface area contributed by atoms with E-state index in [0.717, 1.165) is 10.5 Å². The maximum atomic E-state index is 12.6. The number of esters is 1. The van der Waals surface area contributed by atoms with Gasteiger partial charge in [-0.1, -0.05) is 61.4 Å². The number of amides is 2. The van der Waals surface area contributed by atoms with E-state index in [1.165, 1.54) is 0 Å². The number of rotatable bonds is 7. The first-order chi connectivity index (χ1) is 13.8. The Bertz CT molecular complexity index is 962. The number of nitrogens with zero attached hydrogens (tertiary/aromatic N) is 4. The van der Waals surface area contributed by atoms with Crippen molar-refractivity contribution in [2.45, 2.75) is 26.5 Å². The number of hydrogen-bond donors (Lipinski definition) is 0. The van der Waals surface area contributed by atoms with Crippen molar-refractivity contribution in [1.29, 1.82) is 0 Å². The third kappa shape index (κ3) is 4.12. The van der Waals surface area contributed by atoms with Crippen LogP contribution < -0.4 is 0 Å². The fourth-order valence-electron chi connectivity index (χ4n) is 3.26. The lowest BCUT2D eigenvalue weighted by atomic mass is 9.84. The minimum atomic E-state index is -1.21. The number of imide groups is 1. The fourth-order valence-corrected chi connectivity index (χ4v) is 3.26. The first-order valence-electron chi connectivity index (χ1n) is 9.05. The van der Waals surface area contributed by atoms with Gasteiger partial charge in [-0.25, -0.2) is 0 Å². The summed E-state index contributed by atoms with van der Waals surface area (Å²) in [7, 11) is 0. The molecule has 1 atom stereocenters. The first-order valence-corrected chi connectivity index (χ1v) is 9.05. The van der Waals surface area contributed by atoms with Crippen LogP contribution in [0.5, 0.6) is 0 Å². The van der Waals surface area contributed by atoms with Crippen LogP contribution in [0.25, 0.3) is 10.4 Å². The summed E-state index contributed by atoms with van der Waals surface area (Å²) in [4.78, 5) is 41.7. The lowest BCUT2D eigenvalue weighted by Crippen LogP contribution is -2.46. The molecule has 0 fully saturated rings. The molecule has 0 saturated carbocycles. The Kier molecular flexibility index (Phi) is 5.66. The van der Waals surface area contributed by atoms with Gasteiger partial charge in [0.2, 0.25) is 0 Å². The van der Waals surface area contributed by atoms with Crippen LogP contribution in [0.3, 0.4) is 0 Å². The molecule has 0 spiro atoms. The van der Waals surface area contributed by atoms with Crippen molar-refractivity contribution < 1.29 is 19.1 Å². The van der Waals surface area contributed by atoms with Crippen molar-refractivity contribution in [3.05, 3.63) is 81.7 Å². The molecule has 0 radical (unpaired) electrons. The molecule has 8 heteroatoms. The van der Waals surface area contributed by atoms with Gasteiger partial charge in [-0.05, 0) is 23.2 Å². The second kappa shape index (κ2) is 8.16. The van der Waals surface area contributed by atoms with Gasteiger partial charge < -0.3 is 4.74 Å². The second-order valence-corrected chi connectivity index (χ2v) is 7.43. The van der Waals surface area contributed by atoms with Gasteiger partial charge >= 0.3 is 5.97 Å². The SMILES string of the molecule is CC(C)(CN1C(=O)c2ccccc2C1=O)C(N=[N+]=[N-])C(=O)OCc1ccccc1. The summed E-state index contributed by atoms with van der Waals surface area (Å²) in [6.45, 7) is 3.24. The van der Waals surface area contributed by atoms with E-state index in [2.05, 4.69) is 10.0 Å². The molecule has 1 heterocycles. The number of ether oxygens (including phenoxy) is 1. The largest absolute Gasteiger partial charge is 0.460 e. The maximum Gasteiger partial charge on any atom is 0.315 e. The summed E-state index contributed by atoms with van der Waals surface area (Å²) in [5, 5.41) is 3.61. The summed E-state index contributed by atoms with van der Waals surface area (Å²) in [5.41, 5.74) is 9.34. The quantitative estimate of drug-likeness (QED) is 0.235. The topological polar surface area (TPSA) is 112 Å². The standard InChI is InChI=1S/C21H20N4O4/c1-21(2,13-25-18(26)15-10-6-7-11-16(15)19(25)27)17(23-24-22)20(28)29-12-14-8-4-3-5-9-14/h3-11,17H,12-13H2,1-2H3. The minimum absolute atomic E-state index is 0.0280. The smallest absolute Gasteiger partial charge is 0.315 e. The third-order valence-corrected chi connectivity index (χ3v) is 4.80. The fraction of sp³-hybridized carbons (Fsp3) is 0.286. The lowest BCUT2D eigenvalue weighted by molar-refractivity contribution is -0.149. The molecule has 0 bridgehead atoms. The van der Waals surface area contributed by atoms with Gasteiger partial charge in [-0.3, -0.25) is 19.3 Å². The zero-order chi connectivity index (χ0) is 21.0. The number of hydrogen-bond acceptors (Lipinski definition) is 5. The van der Waals surface area contributed by atoms with Crippen molar-refractivity contribution in [1.82, 2.24) is 4.90 Å². The molecule has 0 aliphatic carbocycles. The van der Waals surface area contributed by atoms with Crippen molar-refractivity contribution >= 4 is 17.8 Å². The molecule has 1 aliphatic heterocycles. The van der Waals surface area contributed by atoms with Crippen LogP contribution >= 0.6 is 0 Å². The Morgan fingerprint density at radius 1 is 1.07 bits per heavy atom. The Labute approximate surface area is 167 Å². The van der Waals surface area contributed by atoms with Crippen molar-refractivity contribution in [3.63, 3.8) is 0 Å². The number of fused-ring (bicyclic) bond motifs is 1. The molecule has 8 nitrogen and oxygen atoms in total. The molecule has 2 aromatic carbocycles. The second-order valence-electron chi connectivity index (χ2n) is 7.43. The third-order valence-electron chi connectivity index (χ3n) is 4.80. The van der Waals surface area contributed by atoms with Crippen molar-refractivity contribution in [2.75, 3.05) is 6.54 Å². The molecule has 2 amide bonds. The predicted octanol–water partition coefficient (Wildman–Crippen LogP) is 3.73. The van der Waals surface area contributed by atoms with E-state index in [-0.39, 0.29) is 13.2 Å². The van der Waals surface area contributed by atoms with E-state index >= 15 is 0 Å². The highest BCUT2D eigenvalue weighted by molar-refractivity contribution is 6.21. The minimum Gasteiger partial charge on any atom is -0.460 e. The van der Waals surface area contributed by atoms with E-state index < -0.39 is 29.2 Å². The predicted molar refractivity (Wildman–Crippen MR) is 105 cm³/mol. The lowest BCUT2D eigenvalue weighted by Gasteiger charge is -2.32. The van der Waals surface area contributed by atoms with Gasteiger partial charge in [0.25, 0.3) is 11.8 Å². The van der Waals surface area contributed by atoms with Crippen LogP contribution in [-0.4, -0.2) is 35.3 Å². The molecule has 0 aromatic heterocycles. The van der Waals surface area contributed by atoms with Crippen LogP contribution in [0.1, 0.15) is 40.1 Å². The molecule has 0 saturated heterocycles. The maximum absolute atomic E-state index is 12.6. The van der Waals surface area contributed by atoms with E-state index in [1.807, 2.05) is 18.2 Å². The van der Waals surface area contributed by atoms with E-state index in [9.17, 15) is 14.4 Å². The average molecular weight is 392 g/mol. The molecule has 148 valence electrons. The highest BCUT2D eigenvalue weighted by atomic mass is 16.5. The van der Waals surface area contributed by atoms with Crippen molar-refractivity contribution in [3.8, 4) is 0 Å². The molecule has 1 unspecified atom stereocenters. The molecule has 1 aliphatic rings. The van der Waals surface area contributed by atoms with Gasteiger partial charge in [-0.15, -0.1) is 0 Å². The molecule has 0 N–H and O–H groups in total. The Morgan fingerprint density at radius 3 is 2.17 bits per heavy atom. The Morgan fingerprint density at radius 2 is 1.62 bits per heavy atom. The molecular weight excluding hydrogens is 372 g/mol. The average Bonchev–Trinajstić information content (AvgIpc) is 2.95. The number of carbonyl (C=O) groups is 3. The van der Waals surface area contributed by atoms with Gasteiger partial charge in [-0.2, -0.15) is 0 Å². The van der Waals surface area contributed by atoms with E-state index in [1.54, 1.807) is 50.2 Å².